The first kappa shape index (κ1) is 13.5. The lowest BCUT2D eigenvalue weighted by molar-refractivity contribution is 0.197. The van der Waals surface area contributed by atoms with Crippen molar-refractivity contribution in [1.29, 1.82) is 0 Å². The zero-order valence-electron chi connectivity index (χ0n) is 12.3. The Labute approximate surface area is 111 Å². The van der Waals surface area contributed by atoms with E-state index < -0.39 is 0 Å². The Kier molecular flexibility index (Phi) is 3.70. The molecule has 1 aromatic carbocycles. The predicted molar refractivity (Wildman–Crippen MR) is 76.9 cm³/mol. The van der Waals surface area contributed by atoms with E-state index in [0.717, 1.165) is 24.7 Å². The van der Waals surface area contributed by atoms with E-state index >= 15 is 0 Å². The normalized spacial score (nSPS) is 23.5. The van der Waals surface area contributed by atoms with Gasteiger partial charge in [-0.3, -0.25) is 0 Å². The molecule has 1 aliphatic rings. The molecule has 1 nitrogen and oxygen atoms in total. The highest BCUT2D eigenvalue weighted by Crippen LogP contribution is 2.39. The lowest BCUT2D eigenvalue weighted by Gasteiger charge is -2.31. The smallest absolute Gasteiger partial charge is 0.116 e. The van der Waals surface area contributed by atoms with Gasteiger partial charge in [-0.05, 0) is 72.3 Å². The third-order valence-corrected chi connectivity index (χ3v) is 4.78. The molecule has 1 heteroatoms. The van der Waals surface area contributed by atoms with Crippen molar-refractivity contribution in [3.8, 4) is 5.75 Å². The quantitative estimate of drug-likeness (QED) is 0.823. The highest BCUT2D eigenvalue weighted by molar-refractivity contribution is 5.42. The maximum Gasteiger partial charge on any atom is 0.116 e. The van der Waals surface area contributed by atoms with Crippen molar-refractivity contribution in [2.24, 2.45) is 23.7 Å². The van der Waals surface area contributed by atoms with E-state index in [4.69, 9.17) is 0 Å². The van der Waals surface area contributed by atoms with Crippen LogP contribution in [0.3, 0.4) is 0 Å². The topological polar surface area (TPSA) is 20.2 Å². The summed E-state index contributed by atoms with van der Waals surface area (Å²) in [7, 11) is 0. The number of fused-ring (bicyclic) bond motifs is 2. The van der Waals surface area contributed by atoms with Crippen LogP contribution in [0, 0.1) is 30.6 Å². The van der Waals surface area contributed by atoms with E-state index in [9.17, 15) is 5.11 Å². The first-order valence-electron chi connectivity index (χ1n) is 7.21. The molecule has 100 valence electrons. The van der Waals surface area contributed by atoms with Crippen LogP contribution in [0.25, 0.3) is 0 Å². The van der Waals surface area contributed by atoms with E-state index in [1.165, 1.54) is 16.7 Å². The number of aromatic hydroxyl groups is 1. The molecule has 0 heterocycles. The molecule has 2 unspecified atom stereocenters. The molecule has 1 aromatic rings. The van der Waals surface area contributed by atoms with Gasteiger partial charge < -0.3 is 5.11 Å². The molecule has 1 N–H and O–H groups in total. The fourth-order valence-electron chi connectivity index (χ4n) is 3.52. The number of benzene rings is 1. The SMILES string of the molecule is Cc1c2cc(O)cc1CC(C(C)C)C(C(C)C)C2. The average molecular weight is 246 g/mol. The molecule has 18 heavy (non-hydrogen) atoms. The van der Waals surface area contributed by atoms with Gasteiger partial charge in [0.1, 0.15) is 5.75 Å². The Morgan fingerprint density at radius 2 is 1.33 bits per heavy atom. The summed E-state index contributed by atoms with van der Waals surface area (Å²) in [6.07, 6.45) is 2.24. The van der Waals surface area contributed by atoms with Crippen molar-refractivity contribution in [3.63, 3.8) is 0 Å². The maximum atomic E-state index is 9.86. The van der Waals surface area contributed by atoms with Crippen LogP contribution in [0.15, 0.2) is 12.1 Å². The number of hydrogen-bond donors (Lipinski definition) is 1. The highest BCUT2D eigenvalue weighted by Gasteiger charge is 2.31. The number of rotatable bonds is 2. The van der Waals surface area contributed by atoms with Gasteiger partial charge in [-0.2, -0.15) is 0 Å². The van der Waals surface area contributed by atoms with Gasteiger partial charge in [0, 0.05) is 0 Å². The average Bonchev–Trinajstić information content (AvgIpc) is 2.36. The summed E-state index contributed by atoms with van der Waals surface area (Å²) in [5, 5.41) is 9.86. The van der Waals surface area contributed by atoms with Crippen molar-refractivity contribution in [2.75, 3.05) is 0 Å². The van der Waals surface area contributed by atoms with Crippen LogP contribution in [-0.4, -0.2) is 5.11 Å². The third kappa shape index (κ3) is 2.41. The van der Waals surface area contributed by atoms with Crippen LogP contribution in [0.4, 0.5) is 0 Å². The first-order valence-corrected chi connectivity index (χ1v) is 7.21. The number of hydrogen-bond acceptors (Lipinski definition) is 1. The summed E-state index contributed by atoms with van der Waals surface area (Å²) in [6, 6.07) is 3.94. The molecule has 0 amide bonds. The van der Waals surface area contributed by atoms with Crippen LogP contribution >= 0.6 is 0 Å². The van der Waals surface area contributed by atoms with Gasteiger partial charge in [0.05, 0.1) is 0 Å². The Morgan fingerprint density at radius 1 is 0.944 bits per heavy atom. The Morgan fingerprint density at radius 3 is 1.67 bits per heavy atom. The fourth-order valence-corrected chi connectivity index (χ4v) is 3.52. The molecule has 2 rings (SSSR count). The Bertz CT molecular complexity index is 394. The maximum absolute atomic E-state index is 9.86. The second-order valence-electron chi connectivity index (χ2n) is 6.61. The number of phenols is 1. The lowest BCUT2D eigenvalue weighted by Crippen LogP contribution is -2.27. The molecule has 0 fully saturated rings. The summed E-state index contributed by atoms with van der Waals surface area (Å²) >= 11 is 0. The second-order valence-corrected chi connectivity index (χ2v) is 6.61. The van der Waals surface area contributed by atoms with E-state index in [1.807, 2.05) is 12.1 Å². The molecule has 1 aliphatic carbocycles. The standard InChI is InChI=1S/C17H26O/c1-10(2)16-8-13-6-15(18)7-14(12(13)5)9-17(16)11(3)4/h6-7,10-11,16-18H,8-9H2,1-5H3. The molecule has 0 radical (unpaired) electrons. The van der Waals surface area contributed by atoms with Crippen molar-refractivity contribution in [3.05, 3.63) is 28.8 Å². The molecular formula is C17H26O. The Hall–Kier alpha value is -0.980. The largest absolute Gasteiger partial charge is 0.508 e. The predicted octanol–water partition coefficient (Wildman–Crippen LogP) is 4.34. The van der Waals surface area contributed by atoms with E-state index in [-0.39, 0.29) is 0 Å². The van der Waals surface area contributed by atoms with Crippen LogP contribution in [0.5, 0.6) is 5.75 Å². The van der Waals surface area contributed by atoms with Crippen LogP contribution < -0.4 is 0 Å². The zero-order chi connectivity index (χ0) is 13.4. The van der Waals surface area contributed by atoms with Gasteiger partial charge in [0.25, 0.3) is 0 Å². The molecule has 2 bridgehead atoms. The summed E-state index contributed by atoms with van der Waals surface area (Å²) in [4.78, 5) is 0. The highest BCUT2D eigenvalue weighted by atomic mass is 16.3. The minimum absolute atomic E-state index is 0.442. The minimum Gasteiger partial charge on any atom is -0.508 e. The van der Waals surface area contributed by atoms with Crippen molar-refractivity contribution >= 4 is 0 Å². The summed E-state index contributed by atoms with van der Waals surface area (Å²) in [6.45, 7) is 11.6. The molecule has 0 aromatic heterocycles. The van der Waals surface area contributed by atoms with Crippen molar-refractivity contribution < 1.29 is 5.11 Å². The van der Waals surface area contributed by atoms with Crippen LogP contribution in [0.1, 0.15) is 44.4 Å². The Balaban J connectivity index is 2.45. The van der Waals surface area contributed by atoms with E-state index in [0.29, 0.717) is 17.6 Å². The van der Waals surface area contributed by atoms with Gasteiger partial charge in [0.15, 0.2) is 0 Å². The summed E-state index contributed by atoms with van der Waals surface area (Å²) in [5.41, 5.74) is 4.11. The first-order chi connectivity index (χ1) is 8.40. The lowest BCUT2D eigenvalue weighted by atomic mass is 9.73. The van der Waals surface area contributed by atoms with E-state index in [2.05, 4.69) is 34.6 Å². The van der Waals surface area contributed by atoms with Crippen LogP contribution in [0.2, 0.25) is 0 Å². The second kappa shape index (κ2) is 4.95. The third-order valence-electron chi connectivity index (χ3n) is 4.78. The molecule has 0 spiro atoms. The van der Waals surface area contributed by atoms with Gasteiger partial charge >= 0.3 is 0 Å². The fraction of sp³-hybridized carbons (Fsp3) is 0.647. The van der Waals surface area contributed by atoms with Crippen molar-refractivity contribution in [1.82, 2.24) is 0 Å². The minimum atomic E-state index is 0.442. The molecule has 0 saturated heterocycles. The molecule has 0 aliphatic heterocycles. The monoisotopic (exact) mass is 246 g/mol. The van der Waals surface area contributed by atoms with Crippen LogP contribution in [-0.2, 0) is 12.8 Å². The zero-order valence-corrected chi connectivity index (χ0v) is 12.3. The van der Waals surface area contributed by atoms with E-state index in [1.54, 1.807) is 0 Å². The van der Waals surface area contributed by atoms with Gasteiger partial charge in [-0.15, -0.1) is 0 Å². The van der Waals surface area contributed by atoms with Gasteiger partial charge in [-0.25, -0.2) is 0 Å². The van der Waals surface area contributed by atoms with Gasteiger partial charge in [-0.1, -0.05) is 27.7 Å². The molecule has 0 saturated carbocycles. The summed E-state index contributed by atoms with van der Waals surface area (Å²) < 4.78 is 0. The molecular weight excluding hydrogens is 220 g/mol. The van der Waals surface area contributed by atoms with Gasteiger partial charge in [0.2, 0.25) is 0 Å². The summed E-state index contributed by atoms with van der Waals surface area (Å²) in [5.74, 6) is 3.30. The number of phenolic OH excluding ortho intramolecular Hbond substituents is 1. The molecule has 2 atom stereocenters. The van der Waals surface area contributed by atoms with Crippen molar-refractivity contribution in [2.45, 2.75) is 47.5 Å².